The number of carboxylic acids is 1. The highest BCUT2D eigenvalue weighted by Gasteiger charge is 2.33. The number of aromatic nitrogens is 1. The molecule has 2 aromatic rings. The fraction of sp³-hybridized carbons (Fsp3) is 0.300. The van der Waals surface area contributed by atoms with Crippen molar-refractivity contribution < 1.29 is 23.8 Å². The zero-order valence-corrected chi connectivity index (χ0v) is 14.9. The molecule has 1 aromatic carbocycles. The Morgan fingerprint density at radius 1 is 1.18 bits per heavy atom. The van der Waals surface area contributed by atoms with Gasteiger partial charge in [-0.15, -0.1) is 0 Å². The zero-order valence-electron chi connectivity index (χ0n) is 14.9. The topological polar surface area (TPSA) is 82.8 Å². The summed E-state index contributed by atoms with van der Waals surface area (Å²) in [6, 6.07) is 0.864. The van der Waals surface area contributed by atoms with E-state index in [4.69, 9.17) is 0 Å². The molecule has 28 heavy (non-hydrogen) atoms. The monoisotopic (exact) mass is 388 g/mol. The first kappa shape index (κ1) is 18.4. The SMILES string of the molecule is O=C(O)c1cn(C2(O)C=CC=CC2)c2c(F)c(N3CCCC3)c(F)cc2c1=O. The van der Waals surface area contributed by atoms with Gasteiger partial charge >= 0.3 is 5.97 Å². The fourth-order valence-electron chi connectivity index (χ4n) is 3.87. The molecule has 1 unspecified atom stereocenters. The van der Waals surface area contributed by atoms with Gasteiger partial charge in [0.2, 0.25) is 5.43 Å². The lowest BCUT2D eigenvalue weighted by molar-refractivity contribution is 0.0186. The molecule has 1 saturated heterocycles. The minimum atomic E-state index is -1.79. The molecule has 1 aliphatic heterocycles. The normalized spacial score (nSPS) is 21.6. The van der Waals surface area contributed by atoms with Crippen LogP contribution in [0, 0.1) is 11.6 Å². The number of pyridine rings is 1. The molecule has 0 amide bonds. The Hall–Kier alpha value is -3.00. The van der Waals surface area contributed by atoms with Crippen molar-refractivity contribution in [3.05, 3.63) is 64.0 Å². The van der Waals surface area contributed by atoms with E-state index in [9.17, 15) is 24.2 Å². The summed E-state index contributed by atoms with van der Waals surface area (Å²) in [4.78, 5) is 25.7. The van der Waals surface area contributed by atoms with Gasteiger partial charge in [0.05, 0.1) is 10.9 Å². The van der Waals surface area contributed by atoms with Crippen molar-refractivity contribution in [3.63, 3.8) is 0 Å². The van der Waals surface area contributed by atoms with Gasteiger partial charge in [0, 0.05) is 25.7 Å². The largest absolute Gasteiger partial charge is 0.477 e. The Kier molecular flexibility index (Phi) is 4.30. The van der Waals surface area contributed by atoms with Crippen LogP contribution in [0.25, 0.3) is 10.9 Å². The number of benzene rings is 1. The third-order valence-electron chi connectivity index (χ3n) is 5.26. The summed E-state index contributed by atoms with van der Waals surface area (Å²) in [5.41, 5.74) is -4.03. The van der Waals surface area contributed by atoms with Gasteiger partial charge in [0.15, 0.2) is 11.5 Å². The van der Waals surface area contributed by atoms with E-state index < -0.39 is 39.7 Å². The van der Waals surface area contributed by atoms with E-state index in [1.807, 2.05) is 0 Å². The predicted molar refractivity (Wildman–Crippen MR) is 99.6 cm³/mol. The molecule has 0 bridgehead atoms. The van der Waals surface area contributed by atoms with Crippen molar-refractivity contribution in [1.29, 1.82) is 0 Å². The van der Waals surface area contributed by atoms with E-state index in [1.165, 1.54) is 12.2 Å². The number of aliphatic hydroxyl groups is 1. The zero-order chi connectivity index (χ0) is 20.1. The van der Waals surface area contributed by atoms with Gasteiger partial charge in [0.1, 0.15) is 17.1 Å². The fourth-order valence-corrected chi connectivity index (χ4v) is 3.87. The average Bonchev–Trinajstić information content (AvgIpc) is 3.17. The van der Waals surface area contributed by atoms with Crippen LogP contribution >= 0.6 is 0 Å². The molecular weight excluding hydrogens is 370 g/mol. The number of fused-ring (bicyclic) bond motifs is 1. The molecule has 2 heterocycles. The average molecular weight is 388 g/mol. The van der Waals surface area contributed by atoms with Crippen LogP contribution in [-0.4, -0.2) is 33.8 Å². The molecule has 8 heteroatoms. The van der Waals surface area contributed by atoms with Crippen molar-refractivity contribution in [2.45, 2.75) is 25.0 Å². The van der Waals surface area contributed by atoms with E-state index >= 15 is 4.39 Å². The van der Waals surface area contributed by atoms with Gasteiger partial charge in [0.25, 0.3) is 0 Å². The molecule has 1 aromatic heterocycles. The van der Waals surface area contributed by atoms with Gasteiger partial charge in [-0.25, -0.2) is 13.6 Å². The summed E-state index contributed by atoms with van der Waals surface area (Å²) >= 11 is 0. The molecule has 4 rings (SSSR count). The quantitative estimate of drug-likeness (QED) is 0.845. The molecular formula is C20H18F2N2O4. The van der Waals surface area contributed by atoms with Crippen LogP contribution in [0.3, 0.4) is 0 Å². The van der Waals surface area contributed by atoms with Gasteiger partial charge in [-0.3, -0.25) is 4.79 Å². The second-order valence-electron chi connectivity index (χ2n) is 7.03. The minimum Gasteiger partial charge on any atom is -0.477 e. The first-order chi connectivity index (χ1) is 13.3. The van der Waals surface area contributed by atoms with E-state index in [0.29, 0.717) is 13.1 Å². The molecule has 1 aliphatic carbocycles. The smallest absolute Gasteiger partial charge is 0.341 e. The van der Waals surface area contributed by atoms with E-state index in [2.05, 4.69) is 0 Å². The molecule has 1 fully saturated rings. The molecule has 0 spiro atoms. The number of aromatic carboxylic acids is 1. The lowest BCUT2D eigenvalue weighted by atomic mass is 10.0. The van der Waals surface area contributed by atoms with E-state index in [0.717, 1.165) is 29.7 Å². The minimum absolute atomic E-state index is 0.0381. The number of carboxylic acid groups (broad SMARTS) is 1. The number of rotatable bonds is 3. The van der Waals surface area contributed by atoms with Crippen LogP contribution in [-0.2, 0) is 5.72 Å². The lowest BCUT2D eigenvalue weighted by Crippen LogP contribution is -2.35. The summed E-state index contributed by atoms with van der Waals surface area (Å²) < 4.78 is 31.3. The van der Waals surface area contributed by atoms with Crippen molar-refractivity contribution >= 4 is 22.6 Å². The second-order valence-corrected chi connectivity index (χ2v) is 7.03. The lowest BCUT2D eigenvalue weighted by Gasteiger charge is -2.31. The maximum atomic E-state index is 15.5. The Bertz CT molecular complexity index is 1100. The summed E-state index contributed by atoms with van der Waals surface area (Å²) in [5, 5.41) is 20.0. The van der Waals surface area contributed by atoms with Crippen LogP contribution in [0.2, 0.25) is 0 Å². The third-order valence-corrected chi connectivity index (χ3v) is 5.26. The van der Waals surface area contributed by atoms with E-state index in [-0.39, 0.29) is 17.6 Å². The number of hydrogen-bond donors (Lipinski definition) is 2. The number of halogens is 2. The Morgan fingerprint density at radius 3 is 2.50 bits per heavy atom. The Balaban J connectivity index is 2.11. The Morgan fingerprint density at radius 2 is 1.89 bits per heavy atom. The number of allylic oxidation sites excluding steroid dienone is 2. The van der Waals surface area contributed by atoms with Crippen LogP contribution in [0.5, 0.6) is 0 Å². The molecule has 2 N–H and O–H groups in total. The molecule has 146 valence electrons. The van der Waals surface area contributed by atoms with Gasteiger partial charge in [-0.05, 0) is 25.0 Å². The van der Waals surface area contributed by atoms with Crippen molar-refractivity contribution in [1.82, 2.24) is 4.57 Å². The highest BCUT2D eigenvalue weighted by atomic mass is 19.1. The van der Waals surface area contributed by atoms with Gasteiger partial charge in [-0.2, -0.15) is 0 Å². The number of carbonyl (C=O) groups is 1. The van der Waals surface area contributed by atoms with Crippen LogP contribution < -0.4 is 10.3 Å². The first-order valence-electron chi connectivity index (χ1n) is 8.96. The summed E-state index contributed by atoms with van der Waals surface area (Å²) in [7, 11) is 0. The summed E-state index contributed by atoms with van der Waals surface area (Å²) in [5.74, 6) is -3.45. The number of nitrogens with zero attached hydrogens (tertiary/aromatic N) is 2. The maximum absolute atomic E-state index is 15.5. The van der Waals surface area contributed by atoms with Crippen LogP contribution in [0.15, 0.2) is 41.4 Å². The van der Waals surface area contributed by atoms with E-state index in [1.54, 1.807) is 17.1 Å². The standard InChI is InChI=1S/C20H18F2N2O4/c21-14-10-12-16(15(22)17(14)23-8-4-5-9-23)24(11-13(18(12)25)19(26)27)20(28)6-2-1-3-7-20/h1-3,6,10-11,28H,4-5,7-9H2,(H,26,27). The summed E-state index contributed by atoms with van der Waals surface area (Å²) in [6.45, 7) is 0.952. The van der Waals surface area contributed by atoms with Crippen LogP contribution in [0.4, 0.5) is 14.5 Å². The maximum Gasteiger partial charge on any atom is 0.341 e. The molecule has 2 aliphatic rings. The highest BCUT2D eigenvalue weighted by Crippen LogP contribution is 2.35. The molecule has 0 radical (unpaired) electrons. The number of anilines is 1. The van der Waals surface area contributed by atoms with Gasteiger partial charge < -0.3 is 19.7 Å². The molecule has 0 saturated carbocycles. The molecule has 1 atom stereocenters. The third kappa shape index (κ3) is 2.72. The van der Waals surface area contributed by atoms with Crippen molar-refractivity contribution in [3.8, 4) is 0 Å². The first-order valence-corrected chi connectivity index (χ1v) is 8.96. The summed E-state index contributed by atoms with van der Waals surface area (Å²) in [6.07, 6.45) is 8.77. The van der Waals surface area contributed by atoms with Crippen molar-refractivity contribution in [2.24, 2.45) is 0 Å². The predicted octanol–water partition coefficient (Wildman–Crippen LogP) is 2.74. The number of hydrogen-bond acceptors (Lipinski definition) is 4. The Labute approximate surface area is 158 Å². The molecule has 6 nitrogen and oxygen atoms in total. The van der Waals surface area contributed by atoms with Gasteiger partial charge in [-0.1, -0.05) is 18.2 Å². The highest BCUT2D eigenvalue weighted by molar-refractivity contribution is 5.94. The van der Waals surface area contributed by atoms with Crippen molar-refractivity contribution in [2.75, 3.05) is 18.0 Å². The second kappa shape index (κ2) is 6.56. The van der Waals surface area contributed by atoms with Crippen LogP contribution in [0.1, 0.15) is 29.6 Å².